The summed E-state index contributed by atoms with van der Waals surface area (Å²) < 4.78 is 107. The van der Waals surface area contributed by atoms with Crippen molar-refractivity contribution in [3.8, 4) is 5.75 Å². The Bertz CT molecular complexity index is 896. The zero-order valence-corrected chi connectivity index (χ0v) is 15.4. The first-order chi connectivity index (χ1) is 12.7. The van der Waals surface area contributed by atoms with Gasteiger partial charge in [0.25, 0.3) is 0 Å². The molecule has 1 fully saturated rings. The third-order valence-electron chi connectivity index (χ3n) is 3.77. The first-order valence-electron chi connectivity index (χ1n) is 7.30. The average Bonchev–Trinajstić information content (AvgIpc) is 2.51. The number of esters is 1. The normalized spacial score (nSPS) is 17.7. The molecule has 1 heterocycles. The molecule has 0 saturated carbocycles. The molecule has 156 valence electrons. The van der Waals surface area contributed by atoms with Crippen LogP contribution in [-0.2, 0) is 25.8 Å². The number of hydrogen-bond acceptors (Lipinski definition) is 6. The van der Waals surface area contributed by atoms with Crippen molar-refractivity contribution in [1.82, 2.24) is 4.90 Å². The number of carbonyl (C=O) groups excluding carboxylic acids is 1. The molecule has 1 saturated heterocycles. The van der Waals surface area contributed by atoms with Crippen LogP contribution in [0.25, 0.3) is 0 Å². The minimum atomic E-state index is -6.30. The van der Waals surface area contributed by atoms with Crippen LogP contribution in [0.15, 0.2) is 18.2 Å². The molecule has 2 rings (SSSR count). The van der Waals surface area contributed by atoms with Gasteiger partial charge >= 0.3 is 27.8 Å². The highest BCUT2D eigenvalue weighted by molar-refractivity contribution is 7.88. The Balaban J connectivity index is 2.40. The zero-order chi connectivity index (χ0) is 21.5. The number of carbonyl (C=O) groups is 1. The van der Waals surface area contributed by atoms with Crippen LogP contribution < -0.4 is 4.18 Å². The van der Waals surface area contributed by atoms with Crippen molar-refractivity contribution in [3.63, 3.8) is 0 Å². The smallest absolute Gasteiger partial charge is 0.467 e. The van der Waals surface area contributed by atoms with Crippen LogP contribution in [0.3, 0.4) is 0 Å². The average molecular weight is 451 g/mol. The van der Waals surface area contributed by atoms with Crippen molar-refractivity contribution in [2.24, 2.45) is 0 Å². The minimum Gasteiger partial charge on any atom is -0.467 e. The maximum absolute atomic E-state index is 13.2. The molecule has 1 aliphatic heterocycles. The third-order valence-corrected chi connectivity index (χ3v) is 5.20. The molecule has 1 atom stereocenters. The van der Waals surface area contributed by atoms with Crippen molar-refractivity contribution >= 4 is 33.3 Å². The van der Waals surface area contributed by atoms with E-state index >= 15 is 0 Å². The lowest BCUT2D eigenvalue weighted by atomic mass is 10.0. The van der Waals surface area contributed by atoms with Gasteiger partial charge in [0.15, 0.2) is 5.75 Å². The van der Waals surface area contributed by atoms with E-state index in [0.29, 0.717) is 18.6 Å². The van der Waals surface area contributed by atoms with Gasteiger partial charge in [-0.3, -0.25) is 0 Å². The van der Waals surface area contributed by atoms with Crippen LogP contribution in [-0.4, -0.2) is 49.5 Å². The third kappa shape index (κ3) is 4.32. The second kappa shape index (κ2) is 7.39. The van der Waals surface area contributed by atoms with Gasteiger partial charge in [0.2, 0.25) is 0 Å². The maximum atomic E-state index is 13.2. The zero-order valence-electron chi connectivity index (χ0n) is 13.8. The first-order valence-corrected chi connectivity index (χ1v) is 9.11. The lowest BCUT2D eigenvalue weighted by molar-refractivity contribution is -0.148. The van der Waals surface area contributed by atoms with Crippen molar-refractivity contribution < 1.29 is 48.5 Å². The molecule has 14 heteroatoms. The van der Waals surface area contributed by atoms with E-state index in [1.807, 2.05) is 0 Å². The van der Waals surface area contributed by atoms with Crippen LogP contribution in [0.1, 0.15) is 17.5 Å². The Hall–Kier alpha value is -2.09. The lowest BCUT2D eigenvalue weighted by Crippen LogP contribution is -2.55. The number of nitrogens with zero attached hydrogens (tertiary/aromatic N) is 1. The van der Waals surface area contributed by atoms with Crippen LogP contribution >= 0.6 is 12.2 Å². The number of ether oxygens (including phenoxy) is 1. The van der Waals surface area contributed by atoms with Gasteiger partial charge in [-0.2, -0.15) is 34.8 Å². The number of rotatable bonds is 4. The van der Waals surface area contributed by atoms with Gasteiger partial charge in [0.1, 0.15) is 11.0 Å². The van der Waals surface area contributed by atoms with Crippen LogP contribution in [0.4, 0.5) is 26.3 Å². The van der Waals surface area contributed by atoms with Crippen molar-refractivity contribution in [3.05, 3.63) is 29.3 Å². The van der Waals surface area contributed by atoms with Crippen LogP contribution in [0.2, 0.25) is 0 Å². The van der Waals surface area contributed by atoms with Crippen LogP contribution in [0, 0.1) is 0 Å². The standard InChI is InChI=1S/C14H11F6NO5S2/c1-25-12(22)9-4-5-21(9)11(27)7-2-3-10(8(6-7)13(15,16)17)26-28(23,24)14(18,19)20/h2-3,6,9H,4-5H2,1H3. The Morgan fingerprint density at radius 3 is 2.25 bits per heavy atom. The molecule has 0 aliphatic carbocycles. The topological polar surface area (TPSA) is 72.9 Å². The molecule has 1 aromatic carbocycles. The number of thiocarbonyl (C=S) groups is 1. The van der Waals surface area contributed by atoms with Gasteiger partial charge in [-0.15, -0.1) is 0 Å². The molecule has 0 radical (unpaired) electrons. The molecule has 0 aromatic heterocycles. The number of hydrogen-bond donors (Lipinski definition) is 0. The second-order valence-corrected chi connectivity index (χ2v) is 7.44. The molecule has 0 N–H and O–H groups in total. The molecule has 28 heavy (non-hydrogen) atoms. The van der Waals surface area contributed by atoms with E-state index in [2.05, 4.69) is 8.92 Å². The minimum absolute atomic E-state index is 0.183. The summed E-state index contributed by atoms with van der Waals surface area (Å²) in [5.74, 6) is -2.20. The number of likely N-dealkylation sites (tertiary alicyclic amines) is 1. The predicted molar refractivity (Wildman–Crippen MR) is 85.9 cm³/mol. The predicted octanol–water partition coefficient (Wildman–Crippen LogP) is 2.86. The van der Waals surface area contributed by atoms with Gasteiger partial charge in [-0.1, -0.05) is 12.2 Å². The monoisotopic (exact) mass is 451 g/mol. The van der Waals surface area contributed by atoms with Crippen LogP contribution in [0.5, 0.6) is 5.75 Å². The number of alkyl halides is 6. The highest BCUT2D eigenvalue weighted by Crippen LogP contribution is 2.39. The van der Waals surface area contributed by atoms with E-state index in [1.165, 1.54) is 4.90 Å². The molecule has 0 amide bonds. The van der Waals surface area contributed by atoms with Gasteiger partial charge in [-0.05, 0) is 24.6 Å². The summed E-state index contributed by atoms with van der Waals surface area (Å²) >= 11 is 5.04. The second-order valence-electron chi connectivity index (χ2n) is 5.52. The summed E-state index contributed by atoms with van der Waals surface area (Å²) in [5, 5.41) is 0. The Morgan fingerprint density at radius 1 is 1.21 bits per heavy atom. The van der Waals surface area contributed by atoms with E-state index in [9.17, 15) is 39.6 Å². The van der Waals surface area contributed by atoms with Crippen molar-refractivity contribution in [1.29, 1.82) is 0 Å². The summed E-state index contributed by atoms with van der Waals surface area (Å²) in [5.41, 5.74) is -7.93. The van der Waals surface area contributed by atoms with E-state index in [-0.39, 0.29) is 17.1 Å². The van der Waals surface area contributed by atoms with Crippen molar-refractivity contribution in [2.75, 3.05) is 13.7 Å². The molecular weight excluding hydrogens is 440 g/mol. The molecular formula is C14H11F6NO5S2. The molecule has 1 aromatic rings. The summed E-state index contributed by atoms with van der Waals surface area (Å²) in [6, 6.07) is 0.843. The molecule has 1 aliphatic rings. The fourth-order valence-corrected chi connectivity index (χ4v) is 3.12. The summed E-state index contributed by atoms with van der Waals surface area (Å²) in [6.07, 6.45) is -4.89. The van der Waals surface area contributed by atoms with E-state index in [0.717, 1.165) is 13.2 Å². The Morgan fingerprint density at radius 2 is 1.82 bits per heavy atom. The van der Waals surface area contributed by atoms with E-state index < -0.39 is 45.1 Å². The summed E-state index contributed by atoms with van der Waals surface area (Å²) in [7, 11) is -5.18. The largest absolute Gasteiger partial charge is 0.534 e. The van der Waals surface area contributed by atoms with Gasteiger partial charge < -0.3 is 13.8 Å². The van der Waals surface area contributed by atoms with Gasteiger partial charge in [0, 0.05) is 12.1 Å². The van der Waals surface area contributed by atoms with Gasteiger partial charge in [0.05, 0.1) is 12.7 Å². The SMILES string of the molecule is COC(=O)C1CCN1C(=S)c1ccc(OS(=O)(=O)C(F)(F)F)c(C(F)(F)F)c1. The molecule has 0 spiro atoms. The quantitative estimate of drug-likeness (QED) is 0.229. The number of methoxy groups -OCH3 is 1. The highest BCUT2D eigenvalue weighted by Gasteiger charge is 2.50. The molecule has 0 bridgehead atoms. The summed E-state index contributed by atoms with van der Waals surface area (Å²) in [4.78, 5) is 12.7. The van der Waals surface area contributed by atoms with Crippen molar-refractivity contribution in [2.45, 2.75) is 24.1 Å². The number of halogens is 6. The Kier molecular flexibility index (Phi) is 5.86. The fourth-order valence-electron chi connectivity index (χ4n) is 2.30. The fraction of sp³-hybridized carbons (Fsp3) is 0.429. The van der Waals surface area contributed by atoms with E-state index in [1.54, 1.807) is 0 Å². The summed E-state index contributed by atoms with van der Waals surface area (Å²) in [6.45, 7) is 0.251. The van der Waals surface area contributed by atoms with Gasteiger partial charge in [-0.25, -0.2) is 4.79 Å². The molecule has 1 unspecified atom stereocenters. The molecule has 6 nitrogen and oxygen atoms in total. The Labute approximate surface area is 160 Å². The number of benzene rings is 1. The lowest BCUT2D eigenvalue weighted by Gasteiger charge is -2.40. The highest BCUT2D eigenvalue weighted by atomic mass is 32.2. The first kappa shape index (κ1) is 22.2. The maximum Gasteiger partial charge on any atom is 0.534 e. The van der Waals surface area contributed by atoms with E-state index in [4.69, 9.17) is 12.2 Å².